The summed E-state index contributed by atoms with van der Waals surface area (Å²) in [7, 11) is 0. The fraction of sp³-hybridized carbons (Fsp3) is 0.100. The number of H-pyrrole nitrogens is 1. The van der Waals surface area contributed by atoms with E-state index in [0.717, 1.165) is 0 Å². The van der Waals surface area contributed by atoms with Crippen LogP contribution < -0.4 is 5.56 Å². The van der Waals surface area contributed by atoms with Crippen molar-refractivity contribution in [3.05, 3.63) is 34.4 Å². The SMILES string of the molecule is CSc1ncc(-c2ccc(C#N)o2)c(=O)[nH]1. The second-order valence-electron chi connectivity index (χ2n) is 2.91. The molecule has 0 unspecified atom stereocenters. The Morgan fingerprint density at radius 1 is 1.56 bits per heavy atom. The van der Waals surface area contributed by atoms with Crippen LogP contribution in [0.25, 0.3) is 11.3 Å². The predicted molar refractivity (Wildman–Crippen MR) is 59.1 cm³/mol. The van der Waals surface area contributed by atoms with Gasteiger partial charge in [-0.3, -0.25) is 4.79 Å². The van der Waals surface area contributed by atoms with Gasteiger partial charge in [-0.1, -0.05) is 11.8 Å². The average Bonchev–Trinajstić information content (AvgIpc) is 2.77. The molecular formula is C10H7N3O2S. The lowest BCUT2D eigenvalue weighted by atomic mass is 10.2. The molecule has 2 aromatic heterocycles. The van der Waals surface area contributed by atoms with E-state index in [-0.39, 0.29) is 11.3 Å². The highest BCUT2D eigenvalue weighted by Crippen LogP contribution is 2.18. The Morgan fingerprint density at radius 2 is 2.38 bits per heavy atom. The Kier molecular flexibility index (Phi) is 2.79. The molecule has 0 aliphatic heterocycles. The van der Waals surface area contributed by atoms with Crippen LogP contribution in [0.2, 0.25) is 0 Å². The Labute approximate surface area is 95.1 Å². The van der Waals surface area contributed by atoms with E-state index < -0.39 is 0 Å². The molecule has 6 heteroatoms. The second kappa shape index (κ2) is 4.24. The van der Waals surface area contributed by atoms with Crippen molar-refractivity contribution >= 4 is 11.8 Å². The number of furan rings is 1. The van der Waals surface area contributed by atoms with Crippen molar-refractivity contribution in [1.29, 1.82) is 5.26 Å². The van der Waals surface area contributed by atoms with Crippen LogP contribution in [0.4, 0.5) is 0 Å². The zero-order valence-electron chi connectivity index (χ0n) is 8.35. The number of thioether (sulfide) groups is 1. The van der Waals surface area contributed by atoms with Crippen LogP contribution in [0.3, 0.4) is 0 Å². The van der Waals surface area contributed by atoms with Crippen molar-refractivity contribution in [3.8, 4) is 17.4 Å². The molecule has 5 nitrogen and oxygen atoms in total. The van der Waals surface area contributed by atoms with Gasteiger partial charge in [0, 0.05) is 6.20 Å². The number of nitriles is 1. The molecule has 2 rings (SSSR count). The fourth-order valence-corrected chi connectivity index (χ4v) is 1.55. The van der Waals surface area contributed by atoms with E-state index >= 15 is 0 Å². The molecule has 0 fully saturated rings. The van der Waals surface area contributed by atoms with E-state index in [1.807, 2.05) is 12.3 Å². The number of hydrogen-bond donors (Lipinski definition) is 1. The molecule has 0 aromatic carbocycles. The Bertz CT molecular complexity index is 609. The lowest BCUT2D eigenvalue weighted by Gasteiger charge is -1.97. The number of hydrogen-bond acceptors (Lipinski definition) is 5. The molecule has 2 aromatic rings. The maximum Gasteiger partial charge on any atom is 0.262 e. The smallest absolute Gasteiger partial charge is 0.262 e. The summed E-state index contributed by atoms with van der Waals surface area (Å²) in [5.74, 6) is 0.515. The highest BCUT2D eigenvalue weighted by molar-refractivity contribution is 7.98. The molecule has 80 valence electrons. The third kappa shape index (κ3) is 1.85. The summed E-state index contributed by atoms with van der Waals surface area (Å²) in [6, 6.07) is 4.94. The van der Waals surface area contributed by atoms with Crippen molar-refractivity contribution in [2.24, 2.45) is 0 Å². The zero-order valence-corrected chi connectivity index (χ0v) is 9.17. The van der Waals surface area contributed by atoms with E-state index in [1.54, 1.807) is 6.07 Å². The van der Waals surface area contributed by atoms with Crippen molar-refractivity contribution in [2.75, 3.05) is 6.26 Å². The van der Waals surface area contributed by atoms with Crippen molar-refractivity contribution in [1.82, 2.24) is 9.97 Å². The fourth-order valence-electron chi connectivity index (χ4n) is 1.20. The monoisotopic (exact) mass is 233 g/mol. The summed E-state index contributed by atoms with van der Waals surface area (Å²) in [6.07, 6.45) is 3.25. The van der Waals surface area contributed by atoms with E-state index in [0.29, 0.717) is 16.5 Å². The minimum absolute atomic E-state index is 0.170. The first-order chi connectivity index (χ1) is 7.74. The van der Waals surface area contributed by atoms with Gasteiger partial charge in [0.1, 0.15) is 17.4 Å². The number of nitrogens with zero attached hydrogens (tertiary/aromatic N) is 2. The van der Waals surface area contributed by atoms with E-state index in [4.69, 9.17) is 9.68 Å². The highest BCUT2D eigenvalue weighted by atomic mass is 32.2. The summed E-state index contributed by atoms with van der Waals surface area (Å²) < 4.78 is 5.15. The molecule has 0 atom stereocenters. The predicted octanol–water partition coefficient (Wildman–Crippen LogP) is 1.62. The lowest BCUT2D eigenvalue weighted by Crippen LogP contribution is -2.10. The topological polar surface area (TPSA) is 82.7 Å². The first-order valence-electron chi connectivity index (χ1n) is 4.38. The summed E-state index contributed by atoms with van der Waals surface area (Å²) in [6.45, 7) is 0. The van der Waals surface area contributed by atoms with Crippen molar-refractivity contribution in [3.63, 3.8) is 0 Å². The van der Waals surface area contributed by atoms with Crippen LogP contribution in [-0.4, -0.2) is 16.2 Å². The summed E-state index contributed by atoms with van der Waals surface area (Å²) in [5.41, 5.74) is 0.0393. The Morgan fingerprint density at radius 3 is 2.94 bits per heavy atom. The van der Waals surface area contributed by atoms with Crippen LogP contribution in [0, 0.1) is 11.3 Å². The third-order valence-electron chi connectivity index (χ3n) is 1.95. The molecule has 0 aliphatic rings. The Balaban J connectivity index is 2.49. The molecule has 2 heterocycles. The standard InChI is InChI=1S/C10H7N3O2S/c1-16-10-12-5-7(9(14)13-10)8-3-2-6(4-11)15-8/h2-3,5H,1H3,(H,12,13,14). The van der Waals surface area contributed by atoms with Crippen LogP contribution in [0.15, 0.2) is 32.7 Å². The van der Waals surface area contributed by atoms with Crippen LogP contribution in [-0.2, 0) is 0 Å². The first-order valence-corrected chi connectivity index (χ1v) is 5.60. The maximum absolute atomic E-state index is 11.6. The molecule has 0 aliphatic carbocycles. The van der Waals surface area contributed by atoms with E-state index in [1.165, 1.54) is 24.0 Å². The van der Waals surface area contributed by atoms with Crippen LogP contribution in [0.1, 0.15) is 5.76 Å². The van der Waals surface area contributed by atoms with Crippen molar-refractivity contribution in [2.45, 2.75) is 5.16 Å². The summed E-state index contributed by atoms with van der Waals surface area (Å²) in [5, 5.41) is 9.14. The highest BCUT2D eigenvalue weighted by Gasteiger charge is 2.09. The molecule has 0 saturated heterocycles. The molecular weight excluding hydrogens is 226 g/mol. The lowest BCUT2D eigenvalue weighted by molar-refractivity contribution is 0.566. The van der Waals surface area contributed by atoms with E-state index in [9.17, 15) is 4.79 Å². The molecule has 1 N–H and O–H groups in total. The summed E-state index contributed by atoms with van der Waals surface area (Å²) in [4.78, 5) is 18.3. The minimum atomic E-state index is -0.279. The molecule has 0 bridgehead atoms. The third-order valence-corrected chi connectivity index (χ3v) is 2.55. The van der Waals surface area contributed by atoms with Gasteiger partial charge in [-0.2, -0.15) is 5.26 Å². The largest absolute Gasteiger partial charge is 0.445 e. The zero-order chi connectivity index (χ0) is 11.5. The van der Waals surface area contributed by atoms with Gasteiger partial charge in [0.05, 0.1) is 0 Å². The molecule has 0 radical (unpaired) electrons. The van der Waals surface area contributed by atoms with Crippen LogP contribution >= 0.6 is 11.8 Å². The van der Waals surface area contributed by atoms with Gasteiger partial charge in [-0.15, -0.1) is 0 Å². The average molecular weight is 233 g/mol. The van der Waals surface area contributed by atoms with Crippen molar-refractivity contribution < 1.29 is 4.42 Å². The van der Waals surface area contributed by atoms with Gasteiger partial charge in [0.2, 0.25) is 5.76 Å². The van der Waals surface area contributed by atoms with E-state index in [2.05, 4.69) is 9.97 Å². The normalized spacial score (nSPS) is 10.0. The van der Waals surface area contributed by atoms with Gasteiger partial charge in [-0.05, 0) is 18.4 Å². The number of aromatic nitrogens is 2. The number of rotatable bonds is 2. The van der Waals surface area contributed by atoms with Gasteiger partial charge < -0.3 is 9.40 Å². The minimum Gasteiger partial charge on any atom is -0.445 e. The Hall–Kier alpha value is -2.00. The summed E-state index contributed by atoms with van der Waals surface area (Å²) >= 11 is 1.35. The van der Waals surface area contributed by atoms with Gasteiger partial charge in [0.15, 0.2) is 5.16 Å². The van der Waals surface area contributed by atoms with Gasteiger partial charge in [-0.25, -0.2) is 4.98 Å². The van der Waals surface area contributed by atoms with Crippen LogP contribution in [0.5, 0.6) is 0 Å². The quantitative estimate of drug-likeness (QED) is 0.629. The number of aromatic amines is 1. The first kappa shape index (κ1) is 10.5. The molecule has 0 saturated carbocycles. The van der Waals surface area contributed by atoms with Gasteiger partial charge in [0.25, 0.3) is 5.56 Å². The number of nitrogens with one attached hydrogen (secondary N) is 1. The molecule has 16 heavy (non-hydrogen) atoms. The molecule has 0 amide bonds. The molecule has 0 spiro atoms. The second-order valence-corrected chi connectivity index (χ2v) is 3.71. The van der Waals surface area contributed by atoms with Gasteiger partial charge >= 0.3 is 0 Å². The maximum atomic E-state index is 11.6.